The molecule has 0 aromatic heterocycles. The van der Waals surface area contributed by atoms with Crippen molar-refractivity contribution in [2.75, 3.05) is 6.61 Å². The van der Waals surface area contributed by atoms with E-state index in [1.807, 2.05) is 5.09 Å². The molecule has 4 atom stereocenters. The second-order valence-electron chi connectivity index (χ2n) is 6.69. The van der Waals surface area contributed by atoms with E-state index in [2.05, 4.69) is 5.32 Å². The van der Waals surface area contributed by atoms with E-state index < -0.39 is 44.0 Å². The number of aliphatic carboxylic acids is 3. The van der Waals surface area contributed by atoms with Crippen LogP contribution in [0.2, 0.25) is 0 Å². The van der Waals surface area contributed by atoms with Crippen LogP contribution in [-0.2, 0) is 28.3 Å². The van der Waals surface area contributed by atoms with Crippen LogP contribution in [0.4, 0.5) is 0 Å². The maximum absolute atomic E-state index is 11.9. The summed E-state index contributed by atoms with van der Waals surface area (Å²) in [5, 5.41) is 30.9. The number of hydrogen-bond donors (Lipinski definition) is 6. The second-order valence-corrected chi connectivity index (χ2v) is 8.25. The molecule has 0 bridgehead atoms. The third-order valence-electron chi connectivity index (χ3n) is 3.95. The van der Waals surface area contributed by atoms with Gasteiger partial charge in [-0.25, -0.2) is 9.65 Å². The van der Waals surface area contributed by atoms with Gasteiger partial charge >= 0.3 is 25.7 Å². The fraction of sp³-hybridized carbons (Fsp3) is 0.750. The zero-order valence-corrected chi connectivity index (χ0v) is 17.3. The van der Waals surface area contributed by atoms with Crippen LogP contribution >= 0.6 is 7.75 Å². The number of rotatable bonds is 16. The fourth-order valence-corrected chi connectivity index (χ4v) is 3.30. The van der Waals surface area contributed by atoms with Gasteiger partial charge in [-0.15, -0.1) is 0 Å². The van der Waals surface area contributed by atoms with Crippen LogP contribution in [0.15, 0.2) is 0 Å². The van der Waals surface area contributed by atoms with Crippen molar-refractivity contribution < 1.29 is 48.5 Å². The van der Waals surface area contributed by atoms with E-state index >= 15 is 0 Å². The van der Waals surface area contributed by atoms with Crippen molar-refractivity contribution in [3.8, 4) is 0 Å². The maximum Gasteiger partial charge on any atom is 0.403 e. The number of hydrogen-bond acceptors (Lipinski definition) is 6. The quantitative estimate of drug-likeness (QED) is 0.146. The van der Waals surface area contributed by atoms with E-state index in [4.69, 9.17) is 19.8 Å². The first kappa shape index (κ1) is 27.0. The topological polar surface area (TPSA) is 200 Å². The zero-order chi connectivity index (χ0) is 22.6. The van der Waals surface area contributed by atoms with Crippen molar-refractivity contribution in [2.45, 2.75) is 64.5 Å². The molecule has 29 heavy (non-hydrogen) atoms. The highest BCUT2D eigenvalue weighted by Gasteiger charge is 2.29. The van der Waals surface area contributed by atoms with Crippen LogP contribution in [0.25, 0.3) is 0 Å². The van der Waals surface area contributed by atoms with Gasteiger partial charge in [0.25, 0.3) is 0 Å². The molecule has 0 aromatic carbocycles. The van der Waals surface area contributed by atoms with Gasteiger partial charge in [-0.1, -0.05) is 6.92 Å². The summed E-state index contributed by atoms with van der Waals surface area (Å²) in [7, 11) is -4.45. The SMILES string of the molecule is CC(CCC(=O)N[C@H](C)CCCOP(=O)(O)N[C@@H](CCC(=O)O)C(=O)O)C(=O)O. The Bertz CT molecular complexity index is 627. The molecule has 2 unspecified atom stereocenters. The van der Waals surface area contributed by atoms with Gasteiger partial charge in [-0.3, -0.25) is 23.7 Å². The van der Waals surface area contributed by atoms with E-state index in [0.717, 1.165) is 0 Å². The Kier molecular flexibility index (Phi) is 12.3. The summed E-state index contributed by atoms with van der Waals surface area (Å²) >= 11 is 0. The lowest BCUT2D eigenvalue weighted by Gasteiger charge is -2.19. The summed E-state index contributed by atoms with van der Waals surface area (Å²) < 4.78 is 16.7. The summed E-state index contributed by atoms with van der Waals surface area (Å²) in [5.41, 5.74) is 0. The average Bonchev–Trinajstić information content (AvgIpc) is 2.59. The molecule has 0 aliphatic carbocycles. The normalized spacial score (nSPS) is 16.2. The van der Waals surface area contributed by atoms with Gasteiger partial charge in [0.2, 0.25) is 5.91 Å². The van der Waals surface area contributed by atoms with Crippen LogP contribution < -0.4 is 10.4 Å². The lowest BCUT2D eigenvalue weighted by atomic mass is 10.1. The number of carboxylic acid groups (broad SMARTS) is 3. The molecule has 0 spiro atoms. The molecule has 168 valence electrons. The number of amides is 1. The van der Waals surface area contributed by atoms with E-state index in [0.29, 0.717) is 6.42 Å². The van der Waals surface area contributed by atoms with Gasteiger partial charge in [0.15, 0.2) is 0 Å². The predicted octanol–water partition coefficient (Wildman–Crippen LogP) is 0.797. The van der Waals surface area contributed by atoms with Crippen LogP contribution in [0.1, 0.15) is 52.4 Å². The summed E-state index contributed by atoms with van der Waals surface area (Å²) in [4.78, 5) is 53.7. The van der Waals surface area contributed by atoms with Crippen molar-refractivity contribution >= 4 is 31.6 Å². The van der Waals surface area contributed by atoms with Crippen LogP contribution in [-0.4, -0.2) is 62.7 Å². The highest BCUT2D eigenvalue weighted by atomic mass is 31.2. The number of carbonyl (C=O) groups excluding carboxylic acids is 1. The van der Waals surface area contributed by atoms with E-state index in [-0.39, 0.29) is 44.2 Å². The first-order valence-electron chi connectivity index (χ1n) is 9.06. The molecule has 0 fully saturated rings. The molecule has 6 N–H and O–H groups in total. The molecule has 0 aromatic rings. The molecule has 0 aliphatic heterocycles. The Balaban J connectivity index is 4.21. The molecule has 1 amide bonds. The van der Waals surface area contributed by atoms with E-state index in [1.165, 1.54) is 6.92 Å². The van der Waals surface area contributed by atoms with E-state index in [9.17, 15) is 28.6 Å². The van der Waals surface area contributed by atoms with Gasteiger partial charge in [-0.05, 0) is 32.6 Å². The van der Waals surface area contributed by atoms with Gasteiger partial charge in [0.05, 0.1) is 12.5 Å². The van der Waals surface area contributed by atoms with Gasteiger partial charge in [0, 0.05) is 18.9 Å². The molecular weight excluding hydrogens is 411 g/mol. The molecule has 0 heterocycles. The predicted molar refractivity (Wildman–Crippen MR) is 100 cm³/mol. The highest BCUT2D eigenvalue weighted by molar-refractivity contribution is 7.50. The fourth-order valence-electron chi connectivity index (χ4n) is 2.21. The molecule has 0 saturated carbocycles. The first-order chi connectivity index (χ1) is 13.3. The van der Waals surface area contributed by atoms with Crippen LogP contribution in [0.5, 0.6) is 0 Å². The van der Waals surface area contributed by atoms with Gasteiger partial charge in [0.1, 0.15) is 6.04 Å². The number of nitrogens with one attached hydrogen (secondary N) is 2. The Morgan fingerprint density at radius 2 is 1.59 bits per heavy atom. The summed E-state index contributed by atoms with van der Waals surface area (Å²) in [6, 6.07) is -1.83. The summed E-state index contributed by atoms with van der Waals surface area (Å²) in [5.74, 6) is -4.61. The van der Waals surface area contributed by atoms with Crippen molar-refractivity contribution in [3.63, 3.8) is 0 Å². The summed E-state index contributed by atoms with van der Waals surface area (Å²) in [6.07, 6.45) is 0.0855. The standard InChI is InChI=1S/C16H29N2O10P/c1-10(15(22)23)5-7-13(19)17-11(2)4-3-9-28-29(26,27)18-12(16(24)25)6-8-14(20)21/h10-12H,3-9H2,1-2H3,(H,17,19)(H,20,21)(H,22,23)(H,24,25)(H2,18,26,27)/t10?,11-,12+/m1/s1. The molecule has 0 rings (SSSR count). The van der Waals surface area contributed by atoms with Crippen molar-refractivity contribution in [1.29, 1.82) is 0 Å². The van der Waals surface area contributed by atoms with Crippen molar-refractivity contribution in [2.24, 2.45) is 5.92 Å². The second kappa shape index (κ2) is 13.3. The minimum atomic E-state index is -4.45. The Hall–Kier alpha value is -2.01. The molecule has 13 heteroatoms. The first-order valence-corrected chi connectivity index (χ1v) is 10.6. The maximum atomic E-state index is 11.9. The minimum absolute atomic E-state index is 0.0665. The molecule has 0 radical (unpaired) electrons. The largest absolute Gasteiger partial charge is 0.481 e. The smallest absolute Gasteiger partial charge is 0.403 e. The molecule has 0 aliphatic rings. The summed E-state index contributed by atoms with van der Waals surface area (Å²) in [6.45, 7) is 3.03. The number of carboxylic acids is 3. The average molecular weight is 440 g/mol. The highest BCUT2D eigenvalue weighted by Crippen LogP contribution is 2.38. The van der Waals surface area contributed by atoms with Crippen molar-refractivity contribution in [3.05, 3.63) is 0 Å². The monoisotopic (exact) mass is 440 g/mol. The third kappa shape index (κ3) is 13.7. The van der Waals surface area contributed by atoms with E-state index in [1.54, 1.807) is 6.92 Å². The third-order valence-corrected chi connectivity index (χ3v) is 5.12. The Morgan fingerprint density at radius 3 is 2.10 bits per heavy atom. The zero-order valence-electron chi connectivity index (χ0n) is 16.4. The van der Waals surface area contributed by atoms with Crippen molar-refractivity contribution in [1.82, 2.24) is 10.4 Å². The lowest BCUT2D eigenvalue weighted by molar-refractivity contribution is -0.142. The van der Waals surface area contributed by atoms with Crippen LogP contribution in [0.3, 0.4) is 0 Å². The minimum Gasteiger partial charge on any atom is -0.481 e. The Morgan fingerprint density at radius 1 is 0.966 bits per heavy atom. The van der Waals surface area contributed by atoms with Gasteiger partial charge < -0.3 is 25.5 Å². The van der Waals surface area contributed by atoms with Crippen LogP contribution in [0, 0.1) is 5.92 Å². The molecular formula is C16H29N2O10P. The molecule has 12 nitrogen and oxygen atoms in total. The Labute approximate surface area is 168 Å². The van der Waals surface area contributed by atoms with Gasteiger partial charge in [-0.2, -0.15) is 0 Å². The number of carbonyl (C=O) groups is 4. The molecule has 0 saturated heterocycles. The lowest BCUT2D eigenvalue weighted by Crippen LogP contribution is -2.35.